The summed E-state index contributed by atoms with van der Waals surface area (Å²) in [5, 5.41) is 17.0. The van der Waals surface area contributed by atoms with Crippen molar-refractivity contribution in [1.29, 1.82) is 0 Å². The van der Waals surface area contributed by atoms with Gasteiger partial charge in [-0.3, -0.25) is 18.4 Å². The molecule has 1 aliphatic rings. The summed E-state index contributed by atoms with van der Waals surface area (Å²) in [6.45, 7) is 0.485. The van der Waals surface area contributed by atoms with Crippen LogP contribution in [0, 0.1) is 5.82 Å². The van der Waals surface area contributed by atoms with E-state index in [0.717, 1.165) is 5.56 Å². The van der Waals surface area contributed by atoms with Gasteiger partial charge in [0.15, 0.2) is 5.65 Å². The molecule has 1 amide bonds. The number of hydrogen-bond donors (Lipinski definition) is 2. The Labute approximate surface area is 193 Å². The minimum absolute atomic E-state index is 0.0771. The maximum atomic E-state index is 14.9. The third kappa shape index (κ3) is 4.11. The molecule has 34 heavy (non-hydrogen) atoms. The van der Waals surface area contributed by atoms with Crippen molar-refractivity contribution in [2.24, 2.45) is 7.05 Å². The van der Waals surface area contributed by atoms with Gasteiger partial charge in [-0.25, -0.2) is 14.2 Å². The molecule has 0 spiro atoms. The van der Waals surface area contributed by atoms with Crippen molar-refractivity contribution in [3.63, 3.8) is 0 Å². The Kier molecular flexibility index (Phi) is 5.72. The van der Waals surface area contributed by atoms with Crippen LogP contribution in [0.5, 0.6) is 0 Å². The molecule has 4 aromatic rings. The Morgan fingerprint density at radius 2 is 2.18 bits per heavy atom. The summed E-state index contributed by atoms with van der Waals surface area (Å²) in [4.78, 5) is 30.2. The number of aliphatic hydroxyl groups is 1. The van der Waals surface area contributed by atoms with Gasteiger partial charge < -0.3 is 15.2 Å². The lowest BCUT2D eigenvalue weighted by Crippen LogP contribution is -2.49. The van der Waals surface area contributed by atoms with Crippen LogP contribution < -0.4 is 11.0 Å². The van der Waals surface area contributed by atoms with Gasteiger partial charge in [-0.2, -0.15) is 5.10 Å². The second-order valence-electron chi connectivity index (χ2n) is 8.29. The molecule has 0 saturated carbocycles. The summed E-state index contributed by atoms with van der Waals surface area (Å²) in [6, 6.07) is 4.29. The topological polar surface area (TPSA) is 116 Å². The maximum Gasteiger partial charge on any atom is 0.334 e. The number of aryl methyl sites for hydroxylation is 1. The number of benzene rings is 1. The summed E-state index contributed by atoms with van der Waals surface area (Å²) >= 11 is 0. The van der Waals surface area contributed by atoms with Crippen molar-refractivity contribution >= 4 is 11.6 Å². The average molecular weight is 466 g/mol. The van der Waals surface area contributed by atoms with E-state index in [0.29, 0.717) is 24.2 Å². The molecule has 3 aromatic heterocycles. The summed E-state index contributed by atoms with van der Waals surface area (Å²) in [5.74, 6) is -0.960. The van der Waals surface area contributed by atoms with Gasteiger partial charge in [0, 0.05) is 49.6 Å². The number of rotatable bonds is 5. The number of hydrogen-bond acceptors (Lipinski definition) is 6. The first-order valence-electron chi connectivity index (χ1n) is 10.8. The molecule has 1 aromatic carbocycles. The summed E-state index contributed by atoms with van der Waals surface area (Å²) in [6.07, 6.45) is 7.32. The lowest BCUT2D eigenvalue weighted by molar-refractivity contribution is -0.0260. The fraction of sp³-hybridized carbons (Fsp3) is 0.304. The first-order valence-corrected chi connectivity index (χ1v) is 10.8. The molecule has 1 saturated heterocycles. The predicted octanol–water partition coefficient (Wildman–Crippen LogP) is 0.963. The predicted molar refractivity (Wildman–Crippen MR) is 120 cm³/mol. The van der Waals surface area contributed by atoms with Crippen LogP contribution in [0.25, 0.3) is 16.8 Å². The molecular weight excluding hydrogens is 443 g/mol. The Morgan fingerprint density at radius 3 is 2.91 bits per heavy atom. The average Bonchev–Trinajstić information content (AvgIpc) is 3.48. The number of carbonyl (C=O) groups is 1. The molecule has 0 radical (unpaired) electrons. The maximum absolute atomic E-state index is 14.9. The van der Waals surface area contributed by atoms with E-state index in [1.165, 1.54) is 33.6 Å². The Morgan fingerprint density at radius 1 is 1.32 bits per heavy atom. The minimum atomic E-state index is -0.827. The van der Waals surface area contributed by atoms with Crippen molar-refractivity contribution in [3.05, 3.63) is 76.6 Å². The molecule has 10 nitrogen and oxygen atoms in total. The number of nitrogens with zero attached hydrogens (tertiary/aromatic N) is 5. The fourth-order valence-electron chi connectivity index (χ4n) is 4.08. The number of aromatic nitrogens is 5. The van der Waals surface area contributed by atoms with Crippen molar-refractivity contribution in [1.82, 2.24) is 29.0 Å². The quantitative estimate of drug-likeness (QED) is 0.453. The standard InChI is InChI=1S/C23H23FN6O4/c1-28-10-16(9-26-28)14-2-3-15(18(24)8-14)11-29-12-17(21-25-5-6-30(21)23(29)33)22(32)27-19-4-7-34-13-20(19)31/h2-3,5-6,8-10,12,19-20,31H,4,7,11,13H2,1H3,(H,27,32)/t19-,20-/m0/s1. The van der Waals surface area contributed by atoms with Gasteiger partial charge in [0.25, 0.3) is 5.91 Å². The monoisotopic (exact) mass is 466 g/mol. The van der Waals surface area contributed by atoms with E-state index in [2.05, 4.69) is 15.4 Å². The third-order valence-corrected chi connectivity index (χ3v) is 5.94. The number of imidazole rings is 1. The third-order valence-electron chi connectivity index (χ3n) is 5.94. The molecule has 0 aliphatic carbocycles. The van der Waals surface area contributed by atoms with E-state index in [4.69, 9.17) is 4.74 Å². The summed E-state index contributed by atoms with van der Waals surface area (Å²) < 4.78 is 24.3. The molecule has 176 valence electrons. The summed E-state index contributed by atoms with van der Waals surface area (Å²) in [5.41, 5.74) is 1.62. The van der Waals surface area contributed by atoms with Crippen molar-refractivity contribution in [2.45, 2.75) is 25.1 Å². The van der Waals surface area contributed by atoms with Crippen LogP contribution >= 0.6 is 0 Å². The number of carbonyl (C=O) groups excluding carboxylic acids is 1. The Hall–Kier alpha value is -3.83. The van der Waals surface area contributed by atoms with Crippen LogP contribution in [0.3, 0.4) is 0 Å². The Bertz CT molecular complexity index is 1420. The van der Waals surface area contributed by atoms with E-state index in [1.54, 1.807) is 36.3 Å². The zero-order valence-corrected chi connectivity index (χ0v) is 18.4. The van der Waals surface area contributed by atoms with Crippen LogP contribution in [-0.2, 0) is 18.3 Å². The lowest BCUT2D eigenvalue weighted by atomic mass is 10.1. The highest BCUT2D eigenvalue weighted by atomic mass is 19.1. The van der Waals surface area contributed by atoms with Crippen LogP contribution in [0.1, 0.15) is 22.3 Å². The molecule has 2 atom stereocenters. The van der Waals surface area contributed by atoms with Gasteiger partial charge in [-0.15, -0.1) is 0 Å². The van der Waals surface area contributed by atoms with Gasteiger partial charge in [0.05, 0.1) is 37.1 Å². The van der Waals surface area contributed by atoms with Crippen LogP contribution in [0.15, 0.2) is 54.0 Å². The molecule has 0 unspecified atom stereocenters. The highest BCUT2D eigenvalue weighted by molar-refractivity contribution is 5.99. The molecular formula is C23H23FN6O4. The lowest BCUT2D eigenvalue weighted by Gasteiger charge is -2.28. The van der Waals surface area contributed by atoms with Crippen LogP contribution in [0.2, 0.25) is 0 Å². The SMILES string of the molecule is Cn1cc(-c2ccc(Cn3cc(C(=O)N[C@H]4CCOC[C@@H]4O)c4nccn4c3=O)c(F)c2)cn1. The first kappa shape index (κ1) is 22.0. The fourth-order valence-corrected chi connectivity index (χ4v) is 4.08. The van der Waals surface area contributed by atoms with E-state index in [1.807, 2.05) is 0 Å². The van der Waals surface area contributed by atoms with E-state index in [9.17, 15) is 19.1 Å². The zero-order valence-electron chi connectivity index (χ0n) is 18.4. The van der Waals surface area contributed by atoms with Crippen molar-refractivity contribution in [3.8, 4) is 11.1 Å². The molecule has 11 heteroatoms. The van der Waals surface area contributed by atoms with Gasteiger partial charge in [0.1, 0.15) is 5.82 Å². The smallest absolute Gasteiger partial charge is 0.334 e. The van der Waals surface area contributed by atoms with E-state index >= 15 is 0 Å². The highest BCUT2D eigenvalue weighted by Gasteiger charge is 2.27. The van der Waals surface area contributed by atoms with Gasteiger partial charge in [0.2, 0.25) is 0 Å². The normalized spacial score (nSPS) is 18.3. The first-order chi connectivity index (χ1) is 16.4. The highest BCUT2D eigenvalue weighted by Crippen LogP contribution is 2.22. The molecule has 1 aliphatic heterocycles. The largest absolute Gasteiger partial charge is 0.389 e. The number of halogens is 1. The number of fused-ring (bicyclic) bond motifs is 1. The zero-order chi connectivity index (χ0) is 23.8. The second kappa shape index (κ2) is 8.84. The molecule has 4 heterocycles. The van der Waals surface area contributed by atoms with Gasteiger partial charge in [-0.1, -0.05) is 12.1 Å². The van der Waals surface area contributed by atoms with Crippen LogP contribution in [-0.4, -0.2) is 60.1 Å². The number of aliphatic hydroxyl groups excluding tert-OH is 1. The van der Waals surface area contributed by atoms with E-state index in [-0.39, 0.29) is 24.4 Å². The van der Waals surface area contributed by atoms with Crippen LogP contribution in [0.4, 0.5) is 4.39 Å². The Balaban J connectivity index is 1.46. The van der Waals surface area contributed by atoms with Crippen molar-refractivity contribution in [2.75, 3.05) is 13.2 Å². The minimum Gasteiger partial charge on any atom is -0.389 e. The van der Waals surface area contributed by atoms with Gasteiger partial charge in [-0.05, 0) is 18.1 Å². The molecule has 0 bridgehead atoms. The molecule has 1 fully saturated rings. The number of amides is 1. The number of ether oxygens (including phenoxy) is 1. The molecule has 5 rings (SSSR count). The number of nitrogens with one attached hydrogen (secondary N) is 1. The van der Waals surface area contributed by atoms with Gasteiger partial charge >= 0.3 is 5.69 Å². The summed E-state index contributed by atoms with van der Waals surface area (Å²) in [7, 11) is 1.78. The van der Waals surface area contributed by atoms with Crippen molar-refractivity contribution < 1.29 is 19.0 Å². The van der Waals surface area contributed by atoms with E-state index < -0.39 is 29.6 Å². The second-order valence-corrected chi connectivity index (χ2v) is 8.29. The molecule has 2 N–H and O–H groups in total.